The summed E-state index contributed by atoms with van der Waals surface area (Å²) in [5.74, 6) is -0.484. The number of nitrogens with two attached hydrogens (primary N) is 2. The molecule has 1 amide bonds. The summed E-state index contributed by atoms with van der Waals surface area (Å²) in [5, 5.41) is 9.93. The Morgan fingerprint density at radius 1 is 1.50 bits per heavy atom. The molecule has 0 unspecified atom stereocenters. The number of hydroxylamine groups is 2. The molecule has 6 heteroatoms. The number of carbonyl (C=O) groups excluding carboxylic acids is 1. The molecule has 0 fully saturated rings. The Bertz CT molecular complexity index is 211. The molecule has 82 valence electrons. The molecule has 0 aromatic rings. The summed E-state index contributed by atoms with van der Waals surface area (Å²) in [5.41, 5.74) is 10.2. The Balaban J connectivity index is 3.69. The summed E-state index contributed by atoms with van der Waals surface area (Å²) >= 11 is 0. The van der Waals surface area contributed by atoms with Crippen molar-refractivity contribution in [2.75, 3.05) is 13.1 Å². The van der Waals surface area contributed by atoms with Crippen LogP contribution in [0, 0.1) is 5.92 Å². The van der Waals surface area contributed by atoms with Crippen LogP contribution in [-0.4, -0.2) is 35.2 Å². The van der Waals surface area contributed by atoms with Gasteiger partial charge in [-0.1, -0.05) is 13.8 Å². The van der Waals surface area contributed by atoms with Gasteiger partial charge >= 0.3 is 0 Å². The molecular weight excluding hydrogens is 184 g/mol. The summed E-state index contributed by atoms with van der Waals surface area (Å²) in [4.78, 5) is 14.9. The maximum absolute atomic E-state index is 11.2. The molecule has 0 radical (unpaired) electrons. The highest BCUT2D eigenvalue weighted by Crippen LogP contribution is 1.99. The second-order valence-electron chi connectivity index (χ2n) is 3.28. The van der Waals surface area contributed by atoms with Gasteiger partial charge in [0.2, 0.25) is 5.91 Å². The van der Waals surface area contributed by atoms with Crippen LogP contribution < -0.4 is 11.5 Å². The first-order valence-corrected chi connectivity index (χ1v) is 4.50. The van der Waals surface area contributed by atoms with Crippen LogP contribution >= 0.6 is 0 Å². The van der Waals surface area contributed by atoms with E-state index in [9.17, 15) is 10.0 Å². The highest BCUT2D eigenvalue weighted by Gasteiger charge is 2.13. The van der Waals surface area contributed by atoms with Gasteiger partial charge in [-0.15, -0.1) is 0 Å². The van der Waals surface area contributed by atoms with Crippen molar-refractivity contribution in [1.29, 1.82) is 0 Å². The van der Waals surface area contributed by atoms with Gasteiger partial charge in [0, 0.05) is 12.5 Å². The lowest BCUT2D eigenvalue weighted by Crippen LogP contribution is -2.32. The highest BCUT2D eigenvalue weighted by molar-refractivity contribution is 5.77. The minimum absolute atomic E-state index is 0.0182. The van der Waals surface area contributed by atoms with E-state index in [-0.39, 0.29) is 24.3 Å². The van der Waals surface area contributed by atoms with E-state index in [1.54, 1.807) is 13.8 Å². The average molecular weight is 202 g/mol. The number of aliphatic imine (C=N–C) groups is 1. The molecule has 0 aliphatic rings. The highest BCUT2D eigenvalue weighted by atomic mass is 16.5. The van der Waals surface area contributed by atoms with Gasteiger partial charge in [-0.3, -0.25) is 15.0 Å². The van der Waals surface area contributed by atoms with Crippen molar-refractivity contribution in [3.8, 4) is 0 Å². The number of amides is 1. The lowest BCUT2D eigenvalue weighted by molar-refractivity contribution is -0.169. The van der Waals surface area contributed by atoms with Crippen LogP contribution in [0.2, 0.25) is 0 Å². The number of rotatable bonds is 5. The normalized spacial score (nSPS) is 10.0. The summed E-state index contributed by atoms with van der Waals surface area (Å²) in [7, 11) is 0. The largest absolute Gasteiger partial charge is 0.370 e. The maximum atomic E-state index is 11.2. The predicted molar refractivity (Wildman–Crippen MR) is 53.6 cm³/mol. The standard InChI is InChI=1S/C8H18N4O2/c1-6(2)7(13)12(14)5-3-4-11-8(9)10/h6,14H,3-5H2,1-2H3,(H4,9,10,11). The van der Waals surface area contributed by atoms with Crippen LogP contribution in [-0.2, 0) is 4.79 Å². The van der Waals surface area contributed by atoms with E-state index in [1.165, 1.54) is 0 Å². The SMILES string of the molecule is CC(C)C(=O)N(O)CCCN=C(N)N. The number of carbonyl (C=O) groups is 1. The molecule has 6 nitrogen and oxygen atoms in total. The van der Waals surface area contributed by atoms with Crippen molar-refractivity contribution < 1.29 is 10.0 Å². The van der Waals surface area contributed by atoms with E-state index >= 15 is 0 Å². The first-order chi connectivity index (χ1) is 6.45. The fraction of sp³-hybridized carbons (Fsp3) is 0.750. The molecule has 0 saturated heterocycles. The Labute approximate surface area is 83.5 Å². The lowest BCUT2D eigenvalue weighted by Gasteiger charge is -2.16. The van der Waals surface area contributed by atoms with Crippen molar-refractivity contribution in [2.45, 2.75) is 20.3 Å². The summed E-state index contributed by atoms with van der Waals surface area (Å²) in [6, 6.07) is 0. The molecule has 0 rings (SSSR count). The van der Waals surface area contributed by atoms with E-state index in [0.29, 0.717) is 18.0 Å². The third-order valence-corrected chi connectivity index (χ3v) is 1.57. The van der Waals surface area contributed by atoms with Crippen molar-refractivity contribution in [3.63, 3.8) is 0 Å². The van der Waals surface area contributed by atoms with E-state index in [0.717, 1.165) is 0 Å². The number of guanidine groups is 1. The zero-order valence-electron chi connectivity index (χ0n) is 8.60. The minimum Gasteiger partial charge on any atom is -0.370 e. The lowest BCUT2D eigenvalue weighted by atomic mass is 10.2. The molecule has 0 atom stereocenters. The first-order valence-electron chi connectivity index (χ1n) is 4.50. The third-order valence-electron chi connectivity index (χ3n) is 1.57. The zero-order valence-corrected chi connectivity index (χ0v) is 8.60. The van der Waals surface area contributed by atoms with Gasteiger partial charge in [-0.05, 0) is 6.42 Å². The molecular formula is C8H18N4O2. The van der Waals surface area contributed by atoms with E-state index in [1.807, 2.05) is 0 Å². The molecule has 0 bridgehead atoms. The van der Waals surface area contributed by atoms with Crippen molar-refractivity contribution in [1.82, 2.24) is 5.06 Å². The fourth-order valence-corrected chi connectivity index (χ4v) is 0.837. The first kappa shape index (κ1) is 12.7. The van der Waals surface area contributed by atoms with Crippen LogP contribution in [0.3, 0.4) is 0 Å². The van der Waals surface area contributed by atoms with Gasteiger partial charge < -0.3 is 11.5 Å². The molecule has 0 aliphatic heterocycles. The number of hydrogen-bond donors (Lipinski definition) is 3. The predicted octanol–water partition coefficient (Wildman–Crippen LogP) is -0.476. The number of nitrogens with zero attached hydrogens (tertiary/aromatic N) is 2. The maximum Gasteiger partial charge on any atom is 0.248 e. The topological polar surface area (TPSA) is 105 Å². The molecule has 0 aromatic heterocycles. The van der Waals surface area contributed by atoms with Crippen LogP contribution in [0.25, 0.3) is 0 Å². The average Bonchev–Trinajstić information content (AvgIpc) is 2.10. The Morgan fingerprint density at radius 3 is 2.50 bits per heavy atom. The van der Waals surface area contributed by atoms with Gasteiger partial charge in [-0.25, -0.2) is 5.06 Å². The smallest absolute Gasteiger partial charge is 0.248 e. The minimum atomic E-state index is -0.297. The summed E-state index contributed by atoms with van der Waals surface area (Å²) in [6.45, 7) is 4.10. The van der Waals surface area contributed by atoms with Gasteiger partial charge in [0.05, 0.1) is 6.54 Å². The van der Waals surface area contributed by atoms with E-state index in [4.69, 9.17) is 11.5 Å². The van der Waals surface area contributed by atoms with Crippen LogP contribution in [0.15, 0.2) is 4.99 Å². The van der Waals surface area contributed by atoms with Crippen LogP contribution in [0.5, 0.6) is 0 Å². The van der Waals surface area contributed by atoms with E-state index < -0.39 is 0 Å². The Hall–Kier alpha value is -1.30. The van der Waals surface area contributed by atoms with Gasteiger partial charge in [0.1, 0.15) is 0 Å². The molecule has 14 heavy (non-hydrogen) atoms. The number of hydrogen-bond acceptors (Lipinski definition) is 3. The Morgan fingerprint density at radius 2 is 2.07 bits per heavy atom. The van der Waals surface area contributed by atoms with Crippen molar-refractivity contribution >= 4 is 11.9 Å². The van der Waals surface area contributed by atoms with Crippen LogP contribution in [0.4, 0.5) is 0 Å². The second-order valence-corrected chi connectivity index (χ2v) is 3.28. The quantitative estimate of drug-likeness (QED) is 0.184. The molecule has 0 aromatic carbocycles. The van der Waals surface area contributed by atoms with Crippen molar-refractivity contribution in [3.05, 3.63) is 0 Å². The van der Waals surface area contributed by atoms with Gasteiger partial charge in [0.15, 0.2) is 5.96 Å². The Kier molecular flexibility index (Phi) is 5.62. The van der Waals surface area contributed by atoms with Gasteiger partial charge in [0.25, 0.3) is 0 Å². The van der Waals surface area contributed by atoms with Crippen LogP contribution in [0.1, 0.15) is 20.3 Å². The molecule has 0 aliphatic carbocycles. The molecule has 0 heterocycles. The third kappa shape index (κ3) is 5.36. The zero-order chi connectivity index (χ0) is 11.1. The van der Waals surface area contributed by atoms with Crippen molar-refractivity contribution in [2.24, 2.45) is 22.4 Å². The molecule has 0 saturated carbocycles. The molecule has 5 N–H and O–H groups in total. The summed E-state index contributed by atoms with van der Waals surface area (Å²) < 4.78 is 0. The fourth-order valence-electron chi connectivity index (χ4n) is 0.837. The second kappa shape index (κ2) is 6.20. The monoisotopic (exact) mass is 202 g/mol. The summed E-state index contributed by atoms with van der Waals surface area (Å²) in [6.07, 6.45) is 0.535. The molecule has 0 spiro atoms. The van der Waals surface area contributed by atoms with Gasteiger partial charge in [-0.2, -0.15) is 0 Å². The van der Waals surface area contributed by atoms with E-state index in [2.05, 4.69) is 4.99 Å².